The minimum absolute atomic E-state index is 0.0850. The number of hydrogen-bond acceptors (Lipinski definition) is 5. The monoisotopic (exact) mass is 356 g/mol. The van der Waals surface area contributed by atoms with E-state index in [0.717, 1.165) is 5.75 Å². The Morgan fingerprint density at radius 3 is 2.54 bits per heavy atom. The first-order chi connectivity index (χ1) is 12.5. The van der Waals surface area contributed by atoms with Gasteiger partial charge in [-0.05, 0) is 56.3 Å². The van der Waals surface area contributed by atoms with Gasteiger partial charge in [0.15, 0.2) is 11.5 Å². The Hall–Kier alpha value is -3.22. The van der Waals surface area contributed by atoms with Crippen molar-refractivity contribution in [2.45, 2.75) is 20.0 Å². The molecule has 0 atom stereocenters. The summed E-state index contributed by atoms with van der Waals surface area (Å²) in [6, 6.07) is 11.9. The second-order valence-electron chi connectivity index (χ2n) is 5.99. The van der Waals surface area contributed by atoms with Gasteiger partial charge in [-0.1, -0.05) is 0 Å². The molecule has 0 spiro atoms. The Kier molecular flexibility index (Phi) is 5.26. The molecule has 7 nitrogen and oxygen atoms in total. The Labute approximate surface area is 151 Å². The number of hydrogen-bond donors (Lipinski definition) is 2. The van der Waals surface area contributed by atoms with Gasteiger partial charge >= 0.3 is 0 Å². The summed E-state index contributed by atoms with van der Waals surface area (Å²) in [7, 11) is 0. The number of anilines is 1. The van der Waals surface area contributed by atoms with Crippen LogP contribution in [0, 0.1) is 0 Å². The summed E-state index contributed by atoms with van der Waals surface area (Å²) in [5.74, 6) is 1.17. The quantitative estimate of drug-likeness (QED) is 0.831. The summed E-state index contributed by atoms with van der Waals surface area (Å²) in [6.07, 6.45) is 0.0850. The fourth-order valence-electron chi connectivity index (χ4n) is 2.39. The van der Waals surface area contributed by atoms with E-state index in [1.807, 2.05) is 13.8 Å². The standard InChI is InChI=1S/C19H20N2O5/c1-12(2)26-15-6-4-14(5-7-15)21-18(22)10-20-19(23)13-3-8-16-17(9-13)25-11-24-16/h3-9,12H,10-11H2,1-2H3,(H,20,23)(H,21,22). The van der Waals surface area contributed by atoms with E-state index >= 15 is 0 Å². The number of fused-ring (bicyclic) bond motifs is 1. The third-order valence-corrected chi connectivity index (χ3v) is 3.55. The van der Waals surface area contributed by atoms with Crippen LogP contribution in [0.2, 0.25) is 0 Å². The normalized spacial score (nSPS) is 12.0. The van der Waals surface area contributed by atoms with Gasteiger partial charge in [-0.15, -0.1) is 0 Å². The van der Waals surface area contributed by atoms with Crippen LogP contribution in [0.4, 0.5) is 5.69 Å². The second kappa shape index (κ2) is 7.77. The molecule has 7 heteroatoms. The van der Waals surface area contributed by atoms with E-state index in [2.05, 4.69) is 10.6 Å². The average molecular weight is 356 g/mol. The highest BCUT2D eigenvalue weighted by molar-refractivity contribution is 5.99. The molecule has 1 aliphatic rings. The predicted octanol–water partition coefficient (Wildman–Crippen LogP) is 2.57. The number of benzene rings is 2. The highest BCUT2D eigenvalue weighted by Crippen LogP contribution is 2.32. The molecular weight excluding hydrogens is 336 g/mol. The first kappa shape index (κ1) is 17.6. The molecular formula is C19H20N2O5. The van der Waals surface area contributed by atoms with Crippen LogP contribution in [0.5, 0.6) is 17.2 Å². The molecule has 26 heavy (non-hydrogen) atoms. The Morgan fingerprint density at radius 1 is 1.08 bits per heavy atom. The van der Waals surface area contributed by atoms with Crippen molar-refractivity contribution in [3.63, 3.8) is 0 Å². The smallest absolute Gasteiger partial charge is 0.251 e. The summed E-state index contributed by atoms with van der Waals surface area (Å²) >= 11 is 0. The maximum atomic E-state index is 12.1. The molecule has 0 bridgehead atoms. The van der Waals surface area contributed by atoms with Crippen molar-refractivity contribution in [2.24, 2.45) is 0 Å². The largest absolute Gasteiger partial charge is 0.491 e. The van der Waals surface area contributed by atoms with Gasteiger partial charge in [-0.25, -0.2) is 0 Å². The highest BCUT2D eigenvalue weighted by atomic mass is 16.7. The zero-order valence-corrected chi connectivity index (χ0v) is 14.6. The number of rotatable bonds is 6. The predicted molar refractivity (Wildman–Crippen MR) is 95.7 cm³/mol. The van der Waals surface area contributed by atoms with E-state index in [0.29, 0.717) is 22.7 Å². The number of ether oxygens (including phenoxy) is 3. The van der Waals surface area contributed by atoms with Crippen LogP contribution in [0.25, 0.3) is 0 Å². The van der Waals surface area contributed by atoms with Crippen molar-refractivity contribution < 1.29 is 23.8 Å². The Morgan fingerprint density at radius 2 is 1.81 bits per heavy atom. The zero-order valence-electron chi connectivity index (χ0n) is 14.6. The van der Waals surface area contributed by atoms with Gasteiger partial charge in [-0.2, -0.15) is 0 Å². The van der Waals surface area contributed by atoms with E-state index in [1.54, 1.807) is 42.5 Å². The lowest BCUT2D eigenvalue weighted by molar-refractivity contribution is -0.115. The molecule has 0 unspecified atom stereocenters. The van der Waals surface area contributed by atoms with Crippen LogP contribution in [-0.2, 0) is 4.79 Å². The van der Waals surface area contributed by atoms with Crippen molar-refractivity contribution >= 4 is 17.5 Å². The average Bonchev–Trinajstić information content (AvgIpc) is 3.08. The highest BCUT2D eigenvalue weighted by Gasteiger charge is 2.16. The van der Waals surface area contributed by atoms with Crippen LogP contribution in [0.1, 0.15) is 24.2 Å². The van der Waals surface area contributed by atoms with Crippen molar-refractivity contribution in [1.29, 1.82) is 0 Å². The van der Waals surface area contributed by atoms with Crippen LogP contribution in [0.3, 0.4) is 0 Å². The number of carbonyl (C=O) groups excluding carboxylic acids is 2. The molecule has 0 fully saturated rings. The Bertz CT molecular complexity index is 802. The van der Waals surface area contributed by atoms with Crippen molar-refractivity contribution in [3.05, 3.63) is 48.0 Å². The maximum Gasteiger partial charge on any atom is 0.251 e. The molecule has 1 aliphatic heterocycles. The van der Waals surface area contributed by atoms with Crippen LogP contribution in [-0.4, -0.2) is 31.3 Å². The van der Waals surface area contributed by atoms with E-state index in [-0.39, 0.29) is 31.3 Å². The number of nitrogens with one attached hydrogen (secondary N) is 2. The molecule has 2 N–H and O–H groups in total. The molecule has 136 valence electrons. The maximum absolute atomic E-state index is 12.1. The van der Waals surface area contributed by atoms with E-state index in [4.69, 9.17) is 14.2 Å². The van der Waals surface area contributed by atoms with Crippen molar-refractivity contribution in [3.8, 4) is 17.2 Å². The van der Waals surface area contributed by atoms with Gasteiger partial charge in [-0.3, -0.25) is 9.59 Å². The lowest BCUT2D eigenvalue weighted by atomic mass is 10.2. The molecule has 3 rings (SSSR count). The lowest BCUT2D eigenvalue weighted by Crippen LogP contribution is -2.32. The van der Waals surface area contributed by atoms with E-state index < -0.39 is 0 Å². The van der Waals surface area contributed by atoms with Gasteiger partial charge in [0.05, 0.1) is 12.6 Å². The summed E-state index contributed by atoms with van der Waals surface area (Å²) in [5.41, 5.74) is 1.03. The van der Waals surface area contributed by atoms with Crippen molar-refractivity contribution in [2.75, 3.05) is 18.7 Å². The third kappa shape index (κ3) is 4.44. The summed E-state index contributed by atoms with van der Waals surface area (Å²) in [6.45, 7) is 3.89. The van der Waals surface area contributed by atoms with E-state index in [9.17, 15) is 9.59 Å². The molecule has 0 aromatic heterocycles. The lowest BCUT2D eigenvalue weighted by Gasteiger charge is -2.11. The minimum atomic E-state index is -0.362. The van der Waals surface area contributed by atoms with E-state index in [1.165, 1.54) is 0 Å². The SMILES string of the molecule is CC(C)Oc1ccc(NC(=O)CNC(=O)c2ccc3c(c2)OCO3)cc1. The van der Waals surface area contributed by atoms with Crippen LogP contribution in [0.15, 0.2) is 42.5 Å². The van der Waals surface area contributed by atoms with Crippen LogP contribution >= 0.6 is 0 Å². The number of amides is 2. The molecule has 0 radical (unpaired) electrons. The van der Waals surface area contributed by atoms with Gasteiger partial charge < -0.3 is 24.8 Å². The molecule has 1 heterocycles. The van der Waals surface area contributed by atoms with Gasteiger partial charge in [0.25, 0.3) is 5.91 Å². The molecule has 0 saturated heterocycles. The molecule has 2 amide bonds. The van der Waals surface area contributed by atoms with Crippen LogP contribution < -0.4 is 24.8 Å². The zero-order chi connectivity index (χ0) is 18.5. The molecule has 2 aromatic carbocycles. The van der Waals surface area contributed by atoms with Gasteiger partial charge in [0.1, 0.15) is 5.75 Å². The van der Waals surface area contributed by atoms with Gasteiger partial charge in [0, 0.05) is 11.3 Å². The first-order valence-electron chi connectivity index (χ1n) is 8.25. The molecule has 2 aromatic rings. The third-order valence-electron chi connectivity index (χ3n) is 3.55. The molecule has 0 aliphatic carbocycles. The summed E-state index contributed by atoms with van der Waals surface area (Å²) in [4.78, 5) is 24.1. The summed E-state index contributed by atoms with van der Waals surface area (Å²) < 4.78 is 16.0. The summed E-state index contributed by atoms with van der Waals surface area (Å²) in [5, 5.41) is 5.29. The topological polar surface area (TPSA) is 85.9 Å². The number of carbonyl (C=O) groups is 2. The minimum Gasteiger partial charge on any atom is -0.491 e. The first-order valence-corrected chi connectivity index (χ1v) is 8.25. The fourth-order valence-corrected chi connectivity index (χ4v) is 2.39. The van der Waals surface area contributed by atoms with Gasteiger partial charge in [0.2, 0.25) is 12.7 Å². The molecule has 0 saturated carbocycles. The van der Waals surface area contributed by atoms with Crippen molar-refractivity contribution in [1.82, 2.24) is 5.32 Å². The Balaban J connectivity index is 1.50. The second-order valence-corrected chi connectivity index (χ2v) is 5.99. The fraction of sp³-hybridized carbons (Fsp3) is 0.263.